The van der Waals surface area contributed by atoms with Gasteiger partial charge in [0.1, 0.15) is 24.5 Å². The Labute approximate surface area is 159 Å². The molecule has 1 aliphatic rings. The molecule has 9 heteroatoms. The number of unbranched alkanes of at least 4 members (excludes halogenated alkanes) is 7. The summed E-state index contributed by atoms with van der Waals surface area (Å²) < 4.78 is 9.73. The maximum absolute atomic E-state index is 11.0. The number of nitrogens with one attached hydrogen (secondary N) is 1. The third-order valence-corrected chi connectivity index (χ3v) is 4.74. The van der Waals surface area contributed by atoms with Gasteiger partial charge in [-0.15, -0.1) is 0 Å². The molecule has 1 saturated heterocycles. The maximum atomic E-state index is 11.0. The van der Waals surface area contributed by atoms with Crippen molar-refractivity contribution in [2.24, 2.45) is 0 Å². The average molecular weight is 391 g/mol. The fraction of sp³-hybridized carbons (Fsp3) is 0.889. The number of carboxylic acids is 1. The third kappa shape index (κ3) is 8.52. The highest BCUT2D eigenvalue weighted by molar-refractivity contribution is 5.73. The predicted octanol–water partition coefficient (Wildman–Crippen LogP) is 0.152. The van der Waals surface area contributed by atoms with Gasteiger partial charge in [-0.1, -0.05) is 38.5 Å². The first-order valence-corrected chi connectivity index (χ1v) is 9.61. The van der Waals surface area contributed by atoms with Crippen LogP contribution in [0.5, 0.6) is 0 Å². The molecular formula is C18H33NO8. The molecular weight excluding hydrogens is 358 g/mol. The van der Waals surface area contributed by atoms with Crippen molar-refractivity contribution >= 4 is 11.9 Å². The van der Waals surface area contributed by atoms with Crippen LogP contribution in [0.1, 0.15) is 57.8 Å². The standard InChI is InChI=1S/C18H33NO8/c1-26-12(20)10-8-6-4-2-3-5-7-9-11-19-17-15(23)13(21)14(22)16(27-17)18(24)25/h13-17,19,21-23H,2-11H2,1H3,(H,24,25). The van der Waals surface area contributed by atoms with Crippen LogP contribution >= 0.6 is 0 Å². The smallest absolute Gasteiger partial charge is 0.335 e. The van der Waals surface area contributed by atoms with E-state index in [9.17, 15) is 24.9 Å². The molecule has 1 fully saturated rings. The minimum Gasteiger partial charge on any atom is -0.479 e. The summed E-state index contributed by atoms with van der Waals surface area (Å²) in [7, 11) is 1.40. The summed E-state index contributed by atoms with van der Waals surface area (Å²) in [6.07, 6.45) is 1.31. The molecule has 1 heterocycles. The van der Waals surface area contributed by atoms with E-state index in [2.05, 4.69) is 10.1 Å². The Morgan fingerprint density at radius 1 is 0.889 bits per heavy atom. The minimum absolute atomic E-state index is 0.161. The molecule has 5 N–H and O–H groups in total. The Morgan fingerprint density at radius 2 is 1.44 bits per heavy atom. The first-order valence-electron chi connectivity index (χ1n) is 9.61. The number of rotatable bonds is 13. The summed E-state index contributed by atoms with van der Waals surface area (Å²) in [6, 6.07) is 0. The average Bonchev–Trinajstić information content (AvgIpc) is 2.65. The van der Waals surface area contributed by atoms with E-state index in [4.69, 9.17) is 9.84 Å². The minimum atomic E-state index is -1.66. The summed E-state index contributed by atoms with van der Waals surface area (Å²) in [4.78, 5) is 22.0. The molecule has 1 aliphatic heterocycles. The zero-order valence-corrected chi connectivity index (χ0v) is 15.9. The van der Waals surface area contributed by atoms with Crippen molar-refractivity contribution in [1.82, 2.24) is 5.32 Å². The molecule has 0 spiro atoms. The number of hydrogen-bond acceptors (Lipinski definition) is 8. The van der Waals surface area contributed by atoms with Gasteiger partial charge in [0, 0.05) is 6.42 Å². The number of carbonyl (C=O) groups excluding carboxylic acids is 1. The van der Waals surface area contributed by atoms with Crippen LogP contribution in [0.4, 0.5) is 0 Å². The number of carbonyl (C=O) groups is 2. The highest BCUT2D eigenvalue weighted by Gasteiger charge is 2.46. The Kier molecular flexibility index (Phi) is 11.5. The Bertz CT molecular complexity index is 447. The number of hydrogen-bond donors (Lipinski definition) is 5. The van der Waals surface area contributed by atoms with Crippen molar-refractivity contribution in [1.29, 1.82) is 0 Å². The molecule has 0 saturated carbocycles. The van der Waals surface area contributed by atoms with Gasteiger partial charge in [0.05, 0.1) is 7.11 Å². The molecule has 158 valence electrons. The summed E-state index contributed by atoms with van der Waals surface area (Å²) in [6.45, 7) is 0.510. The largest absolute Gasteiger partial charge is 0.479 e. The van der Waals surface area contributed by atoms with Gasteiger partial charge in [0.2, 0.25) is 0 Å². The van der Waals surface area contributed by atoms with Crippen LogP contribution in [0, 0.1) is 0 Å². The predicted molar refractivity (Wildman–Crippen MR) is 95.9 cm³/mol. The quantitative estimate of drug-likeness (QED) is 0.219. The van der Waals surface area contributed by atoms with Gasteiger partial charge in [-0.3, -0.25) is 10.1 Å². The monoisotopic (exact) mass is 391 g/mol. The molecule has 27 heavy (non-hydrogen) atoms. The number of aliphatic carboxylic acids is 1. The van der Waals surface area contributed by atoms with Gasteiger partial charge in [-0.2, -0.15) is 0 Å². The van der Waals surface area contributed by atoms with Crippen molar-refractivity contribution in [3.63, 3.8) is 0 Å². The van der Waals surface area contributed by atoms with Crippen molar-refractivity contribution in [2.45, 2.75) is 88.4 Å². The Morgan fingerprint density at radius 3 is 2.00 bits per heavy atom. The molecule has 0 aromatic heterocycles. The van der Waals surface area contributed by atoms with Gasteiger partial charge in [-0.25, -0.2) is 4.79 Å². The lowest BCUT2D eigenvalue weighted by Crippen LogP contribution is -2.63. The number of carboxylic acid groups (broad SMARTS) is 1. The van der Waals surface area contributed by atoms with Crippen LogP contribution < -0.4 is 5.32 Å². The van der Waals surface area contributed by atoms with Crippen molar-refractivity contribution in [2.75, 3.05) is 13.7 Å². The van der Waals surface area contributed by atoms with Crippen molar-refractivity contribution < 1.29 is 39.5 Å². The van der Waals surface area contributed by atoms with Gasteiger partial charge in [0.15, 0.2) is 6.10 Å². The summed E-state index contributed by atoms with van der Waals surface area (Å²) in [5, 5.41) is 41.1. The number of aliphatic hydroxyl groups is 3. The van der Waals surface area contributed by atoms with Crippen LogP contribution in [-0.2, 0) is 19.1 Å². The van der Waals surface area contributed by atoms with E-state index in [1.54, 1.807) is 0 Å². The highest BCUT2D eigenvalue weighted by Crippen LogP contribution is 2.20. The van der Waals surface area contributed by atoms with E-state index in [0.717, 1.165) is 51.4 Å². The second-order valence-corrected chi connectivity index (χ2v) is 6.90. The first kappa shape index (κ1) is 23.8. The molecule has 0 amide bonds. The van der Waals surface area contributed by atoms with E-state index in [-0.39, 0.29) is 5.97 Å². The van der Waals surface area contributed by atoms with Crippen molar-refractivity contribution in [3.05, 3.63) is 0 Å². The third-order valence-electron chi connectivity index (χ3n) is 4.74. The Hall–Kier alpha value is -1.26. The fourth-order valence-corrected chi connectivity index (χ4v) is 3.05. The van der Waals surface area contributed by atoms with Crippen LogP contribution in [0.3, 0.4) is 0 Å². The molecule has 5 unspecified atom stereocenters. The summed E-state index contributed by atoms with van der Waals surface area (Å²) in [5.41, 5.74) is 0. The molecule has 5 atom stereocenters. The van der Waals surface area contributed by atoms with Gasteiger partial charge >= 0.3 is 11.9 Å². The number of aliphatic hydroxyl groups excluding tert-OH is 3. The zero-order valence-electron chi connectivity index (χ0n) is 15.9. The van der Waals surface area contributed by atoms with E-state index in [0.29, 0.717) is 13.0 Å². The molecule has 0 bridgehead atoms. The summed E-state index contributed by atoms with van der Waals surface area (Å²) >= 11 is 0. The van der Waals surface area contributed by atoms with E-state index in [1.165, 1.54) is 7.11 Å². The van der Waals surface area contributed by atoms with Gasteiger partial charge in [-0.05, 0) is 19.4 Å². The zero-order chi connectivity index (χ0) is 20.2. The fourth-order valence-electron chi connectivity index (χ4n) is 3.05. The number of methoxy groups -OCH3 is 1. The van der Waals surface area contributed by atoms with Gasteiger partial charge < -0.3 is 29.9 Å². The lowest BCUT2D eigenvalue weighted by atomic mass is 9.98. The second-order valence-electron chi connectivity index (χ2n) is 6.90. The molecule has 0 aliphatic carbocycles. The molecule has 9 nitrogen and oxygen atoms in total. The summed E-state index contributed by atoms with van der Waals surface area (Å²) in [5.74, 6) is -1.54. The van der Waals surface area contributed by atoms with E-state index >= 15 is 0 Å². The van der Waals surface area contributed by atoms with E-state index in [1.807, 2.05) is 0 Å². The second kappa shape index (κ2) is 13.0. The molecule has 0 radical (unpaired) electrons. The van der Waals surface area contributed by atoms with Crippen LogP contribution in [-0.4, -0.2) is 76.7 Å². The normalized spacial score (nSPS) is 28.1. The Balaban J connectivity index is 2.06. The van der Waals surface area contributed by atoms with Crippen LogP contribution in [0.15, 0.2) is 0 Å². The van der Waals surface area contributed by atoms with Crippen LogP contribution in [0.2, 0.25) is 0 Å². The lowest BCUT2D eigenvalue weighted by molar-refractivity contribution is -0.233. The van der Waals surface area contributed by atoms with Gasteiger partial charge in [0.25, 0.3) is 0 Å². The maximum Gasteiger partial charge on any atom is 0.335 e. The van der Waals surface area contributed by atoms with E-state index < -0.39 is 36.6 Å². The topological polar surface area (TPSA) is 146 Å². The molecule has 0 aromatic rings. The number of ether oxygens (including phenoxy) is 2. The highest BCUT2D eigenvalue weighted by atomic mass is 16.6. The number of esters is 1. The lowest BCUT2D eigenvalue weighted by Gasteiger charge is -2.39. The van der Waals surface area contributed by atoms with Crippen LogP contribution in [0.25, 0.3) is 0 Å². The van der Waals surface area contributed by atoms with Crippen molar-refractivity contribution in [3.8, 4) is 0 Å². The SMILES string of the molecule is COC(=O)CCCCCCCCCCNC1OC(C(=O)O)C(O)C(O)C1O. The first-order chi connectivity index (χ1) is 12.9. The molecule has 1 rings (SSSR count). The molecule has 0 aromatic carbocycles.